The van der Waals surface area contributed by atoms with E-state index in [-0.39, 0.29) is 5.91 Å². The van der Waals surface area contributed by atoms with Crippen molar-refractivity contribution in [2.24, 2.45) is 0 Å². The fourth-order valence-electron chi connectivity index (χ4n) is 1.45. The van der Waals surface area contributed by atoms with Crippen LogP contribution in [0.4, 0.5) is 11.4 Å². The Labute approximate surface area is 115 Å². The van der Waals surface area contributed by atoms with Crippen molar-refractivity contribution in [3.05, 3.63) is 58.1 Å². The normalized spacial score (nSPS) is 10.1. The van der Waals surface area contributed by atoms with Crippen LogP contribution < -0.4 is 11.1 Å². The standard InChI is InChI=1S/C13H10Cl2N2O/c14-9-6-10(15)12(7-11(9)16)17-13(18)8-4-2-1-3-5-8/h1-7H,16H2,(H,17,18). The highest BCUT2D eigenvalue weighted by Crippen LogP contribution is 2.30. The molecular weight excluding hydrogens is 271 g/mol. The lowest BCUT2D eigenvalue weighted by atomic mass is 10.2. The van der Waals surface area contributed by atoms with Gasteiger partial charge < -0.3 is 11.1 Å². The summed E-state index contributed by atoms with van der Waals surface area (Å²) in [6, 6.07) is 11.9. The van der Waals surface area contributed by atoms with Crippen molar-refractivity contribution in [1.82, 2.24) is 0 Å². The van der Waals surface area contributed by atoms with Crippen LogP contribution in [0.3, 0.4) is 0 Å². The van der Waals surface area contributed by atoms with Crippen molar-refractivity contribution in [2.45, 2.75) is 0 Å². The highest BCUT2D eigenvalue weighted by atomic mass is 35.5. The van der Waals surface area contributed by atoms with E-state index in [4.69, 9.17) is 28.9 Å². The van der Waals surface area contributed by atoms with E-state index in [1.807, 2.05) is 6.07 Å². The molecule has 0 heterocycles. The van der Waals surface area contributed by atoms with Gasteiger partial charge in [-0.05, 0) is 24.3 Å². The topological polar surface area (TPSA) is 55.1 Å². The molecule has 0 aromatic heterocycles. The minimum atomic E-state index is -0.251. The van der Waals surface area contributed by atoms with Gasteiger partial charge in [0.05, 0.1) is 21.4 Å². The first-order chi connectivity index (χ1) is 8.58. The van der Waals surface area contributed by atoms with E-state index in [9.17, 15) is 4.79 Å². The number of carbonyl (C=O) groups is 1. The molecule has 5 heteroatoms. The zero-order chi connectivity index (χ0) is 13.1. The van der Waals surface area contributed by atoms with E-state index in [1.54, 1.807) is 24.3 Å². The first kappa shape index (κ1) is 12.7. The number of carbonyl (C=O) groups excluding carboxylic acids is 1. The average Bonchev–Trinajstić information content (AvgIpc) is 2.37. The maximum Gasteiger partial charge on any atom is 0.255 e. The van der Waals surface area contributed by atoms with Gasteiger partial charge in [0.2, 0.25) is 0 Å². The summed E-state index contributed by atoms with van der Waals surface area (Å²) < 4.78 is 0. The van der Waals surface area contributed by atoms with Crippen LogP contribution in [-0.2, 0) is 0 Å². The number of anilines is 2. The van der Waals surface area contributed by atoms with Gasteiger partial charge in [-0.25, -0.2) is 0 Å². The molecule has 0 aliphatic heterocycles. The summed E-state index contributed by atoms with van der Waals surface area (Å²) >= 11 is 11.8. The molecule has 0 saturated carbocycles. The molecule has 0 unspecified atom stereocenters. The summed E-state index contributed by atoms with van der Waals surface area (Å²) in [5, 5.41) is 3.39. The molecule has 0 bridgehead atoms. The van der Waals surface area contributed by atoms with Gasteiger partial charge in [-0.15, -0.1) is 0 Å². The highest BCUT2D eigenvalue weighted by molar-refractivity contribution is 6.38. The van der Waals surface area contributed by atoms with Crippen LogP contribution in [0.1, 0.15) is 10.4 Å². The maximum absolute atomic E-state index is 11.9. The fourth-order valence-corrected chi connectivity index (χ4v) is 1.88. The minimum absolute atomic E-state index is 0.251. The first-order valence-electron chi connectivity index (χ1n) is 5.19. The second kappa shape index (κ2) is 5.29. The Hall–Kier alpha value is -1.71. The van der Waals surface area contributed by atoms with E-state index in [2.05, 4.69) is 5.32 Å². The molecule has 3 nitrogen and oxygen atoms in total. The number of benzene rings is 2. The lowest BCUT2D eigenvalue weighted by Crippen LogP contribution is -2.12. The number of nitrogens with two attached hydrogens (primary N) is 1. The van der Waals surface area contributed by atoms with Crippen LogP contribution in [0.2, 0.25) is 10.0 Å². The Morgan fingerprint density at radius 3 is 2.39 bits per heavy atom. The molecule has 0 spiro atoms. The van der Waals surface area contributed by atoms with Gasteiger partial charge in [0.25, 0.3) is 5.91 Å². The fraction of sp³-hybridized carbons (Fsp3) is 0. The predicted octanol–water partition coefficient (Wildman–Crippen LogP) is 3.83. The molecule has 0 atom stereocenters. The monoisotopic (exact) mass is 280 g/mol. The van der Waals surface area contributed by atoms with E-state index in [0.717, 1.165) is 0 Å². The van der Waals surface area contributed by atoms with E-state index in [1.165, 1.54) is 12.1 Å². The zero-order valence-electron chi connectivity index (χ0n) is 9.28. The summed E-state index contributed by atoms with van der Waals surface area (Å²) in [5.74, 6) is -0.251. The largest absolute Gasteiger partial charge is 0.397 e. The van der Waals surface area contributed by atoms with Gasteiger partial charge >= 0.3 is 0 Å². The molecule has 2 rings (SSSR count). The Morgan fingerprint density at radius 1 is 1.06 bits per heavy atom. The molecular formula is C13H10Cl2N2O. The summed E-state index contributed by atoms with van der Waals surface area (Å²) in [7, 11) is 0. The molecule has 0 aliphatic carbocycles. The SMILES string of the molecule is Nc1cc(NC(=O)c2ccccc2)c(Cl)cc1Cl. The number of hydrogen-bond acceptors (Lipinski definition) is 2. The van der Waals surface area contributed by atoms with E-state index >= 15 is 0 Å². The van der Waals surface area contributed by atoms with Crippen LogP contribution in [-0.4, -0.2) is 5.91 Å². The second-order valence-corrected chi connectivity index (χ2v) is 4.49. The summed E-state index contributed by atoms with van der Waals surface area (Å²) in [5.41, 5.74) is 7.01. The molecule has 2 aromatic carbocycles. The van der Waals surface area contributed by atoms with Gasteiger partial charge in [-0.3, -0.25) is 4.79 Å². The van der Waals surface area contributed by atoms with Crippen LogP contribution in [0.15, 0.2) is 42.5 Å². The van der Waals surface area contributed by atoms with Crippen molar-refractivity contribution in [3.63, 3.8) is 0 Å². The zero-order valence-corrected chi connectivity index (χ0v) is 10.8. The van der Waals surface area contributed by atoms with Gasteiger partial charge in [0.1, 0.15) is 0 Å². The number of hydrogen-bond donors (Lipinski definition) is 2. The molecule has 0 aliphatic rings. The molecule has 0 radical (unpaired) electrons. The number of nitrogen functional groups attached to an aromatic ring is 1. The van der Waals surface area contributed by atoms with Crippen molar-refractivity contribution in [3.8, 4) is 0 Å². The van der Waals surface area contributed by atoms with Gasteiger partial charge in [0.15, 0.2) is 0 Å². The van der Waals surface area contributed by atoms with E-state index < -0.39 is 0 Å². The summed E-state index contributed by atoms with van der Waals surface area (Å²) in [6.45, 7) is 0. The Kier molecular flexibility index (Phi) is 3.75. The van der Waals surface area contributed by atoms with Crippen molar-refractivity contribution in [2.75, 3.05) is 11.1 Å². The lowest BCUT2D eigenvalue weighted by Gasteiger charge is -2.09. The third kappa shape index (κ3) is 2.75. The molecule has 0 fully saturated rings. The summed E-state index contributed by atoms with van der Waals surface area (Å²) in [6.07, 6.45) is 0. The van der Waals surface area contributed by atoms with Gasteiger partial charge in [0, 0.05) is 5.56 Å². The number of halogens is 2. The van der Waals surface area contributed by atoms with Crippen LogP contribution in [0.25, 0.3) is 0 Å². The second-order valence-electron chi connectivity index (χ2n) is 3.67. The quantitative estimate of drug-likeness (QED) is 0.822. The van der Waals surface area contributed by atoms with Gasteiger partial charge in [-0.2, -0.15) is 0 Å². The number of rotatable bonds is 2. The predicted molar refractivity (Wildman–Crippen MR) is 75.3 cm³/mol. The van der Waals surface area contributed by atoms with Crippen LogP contribution >= 0.6 is 23.2 Å². The highest BCUT2D eigenvalue weighted by Gasteiger charge is 2.10. The molecule has 18 heavy (non-hydrogen) atoms. The van der Waals surface area contributed by atoms with E-state index in [0.29, 0.717) is 27.0 Å². The number of nitrogens with one attached hydrogen (secondary N) is 1. The van der Waals surface area contributed by atoms with Gasteiger partial charge in [-0.1, -0.05) is 41.4 Å². The molecule has 3 N–H and O–H groups in total. The lowest BCUT2D eigenvalue weighted by molar-refractivity contribution is 0.102. The first-order valence-corrected chi connectivity index (χ1v) is 5.94. The third-order valence-electron chi connectivity index (χ3n) is 2.37. The summed E-state index contributed by atoms with van der Waals surface area (Å²) in [4.78, 5) is 11.9. The average molecular weight is 281 g/mol. The molecule has 92 valence electrons. The number of amides is 1. The Balaban J connectivity index is 2.25. The Bertz CT molecular complexity index is 585. The van der Waals surface area contributed by atoms with Crippen molar-refractivity contribution in [1.29, 1.82) is 0 Å². The Morgan fingerprint density at radius 2 is 1.72 bits per heavy atom. The minimum Gasteiger partial charge on any atom is -0.397 e. The maximum atomic E-state index is 11.9. The van der Waals surface area contributed by atoms with Crippen molar-refractivity contribution < 1.29 is 4.79 Å². The third-order valence-corrected chi connectivity index (χ3v) is 3.01. The molecule has 1 amide bonds. The smallest absolute Gasteiger partial charge is 0.255 e. The van der Waals surface area contributed by atoms with Crippen LogP contribution in [0.5, 0.6) is 0 Å². The molecule has 2 aromatic rings. The van der Waals surface area contributed by atoms with Crippen molar-refractivity contribution >= 4 is 40.5 Å². The molecule has 0 saturated heterocycles. The van der Waals surface area contributed by atoms with Crippen LogP contribution in [0, 0.1) is 0 Å².